The maximum Gasteiger partial charge on any atom is 0.257 e. The van der Waals surface area contributed by atoms with Crippen LogP contribution in [0.5, 0.6) is 0 Å². The highest BCUT2D eigenvalue weighted by Gasteiger charge is 2.29. The number of aryl methyl sites for hydroxylation is 2. The Morgan fingerprint density at radius 1 is 0.943 bits per heavy atom. The predicted octanol–water partition coefficient (Wildman–Crippen LogP) is 5.83. The van der Waals surface area contributed by atoms with E-state index >= 15 is 0 Å². The largest absolute Gasteiger partial charge is 0.309 e. The van der Waals surface area contributed by atoms with Crippen molar-refractivity contribution < 1.29 is 4.79 Å². The second kappa shape index (κ2) is 8.69. The second-order valence-corrected chi connectivity index (χ2v) is 8.92. The van der Waals surface area contributed by atoms with Crippen molar-refractivity contribution >= 4 is 33.9 Å². The molecule has 0 bridgehead atoms. The Labute approximate surface area is 202 Å². The zero-order chi connectivity index (χ0) is 23.8. The molecule has 2 heterocycles. The third kappa shape index (κ3) is 3.91. The van der Waals surface area contributed by atoms with Crippen molar-refractivity contribution in [3.8, 4) is 6.07 Å². The number of hydrogen-bond donors (Lipinski definition) is 1. The van der Waals surface area contributed by atoms with Gasteiger partial charge in [0.2, 0.25) is 0 Å². The summed E-state index contributed by atoms with van der Waals surface area (Å²) in [6, 6.07) is 27.8. The van der Waals surface area contributed by atoms with E-state index in [-0.39, 0.29) is 5.91 Å². The Morgan fingerprint density at radius 2 is 1.63 bits per heavy atom. The van der Waals surface area contributed by atoms with Crippen LogP contribution in [-0.4, -0.2) is 20.4 Å². The maximum absolute atomic E-state index is 13.5. The lowest BCUT2D eigenvalue weighted by atomic mass is 10.0. The average Bonchev–Trinajstić information content (AvgIpc) is 3.71. The van der Waals surface area contributed by atoms with Gasteiger partial charge < -0.3 is 9.88 Å². The molecule has 1 amide bonds. The van der Waals surface area contributed by atoms with Crippen molar-refractivity contribution in [1.29, 1.82) is 5.26 Å². The molecule has 0 aliphatic heterocycles. The Kier molecular flexibility index (Phi) is 5.23. The minimum absolute atomic E-state index is 0.211. The van der Waals surface area contributed by atoms with E-state index in [4.69, 9.17) is 9.97 Å². The van der Waals surface area contributed by atoms with E-state index in [1.165, 1.54) is 0 Å². The van der Waals surface area contributed by atoms with Gasteiger partial charge in [-0.05, 0) is 54.5 Å². The minimum atomic E-state index is -0.211. The number of nitrogens with zero attached hydrogens (tertiary/aromatic N) is 4. The maximum atomic E-state index is 13.5. The summed E-state index contributed by atoms with van der Waals surface area (Å²) in [5.74, 6) is 0.673. The summed E-state index contributed by atoms with van der Waals surface area (Å²) in [6.07, 6.45) is 2.93. The van der Waals surface area contributed by atoms with Crippen molar-refractivity contribution in [2.75, 3.05) is 5.32 Å². The summed E-state index contributed by atoms with van der Waals surface area (Å²) >= 11 is 0. The van der Waals surface area contributed by atoms with E-state index < -0.39 is 0 Å². The first-order valence-corrected chi connectivity index (χ1v) is 11.9. The molecule has 1 fully saturated rings. The monoisotopic (exact) mass is 457 g/mol. The lowest BCUT2D eigenvalue weighted by Crippen LogP contribution is -2.18. The van der Waals surface area contributed by atoms with Crippen molar-refractivity contribution in [3.63, 3.8) is 0 Å². The number of carbonyl (C=O) groups excluding carboxylic acids is 1. The van der Waals surface area contributed by atoms with Gasteiger partial charge in [0.15, 0.2) is 5.65 Å². The van der Waals surface area contributed by atoms with E-state index in [0.717, 1.165) is 35.9 Å². The number of nitrogens with one attached hydrogen (secondary N) is 1. The first kappa shape index (κ1) is 21.1. The highest BCUT2D eigenvalue weighted by atomic mass is 16.1. The number of benzene rings is 3. The number of hydrogen-bond acceptors (Lipinski definition) is 4. The van der Waals surface area contributed by atoms with Crippen LogP contribution in [0.15, 0.2) is 78.9 Å². The van der Waals surface area contributed by atoms with Crippen molar-refractivity contribution in [3.05, 3.63) is 101 Å². The molecule has 3 aromatic carbocycles. The lowest BCUT2D eigenvalue weighted by Gasteiger charge is -2.13. The summed E-state index contributed by atoms with van der Waals surface area (Å²) in [7, 11) is 0. The third-order valence-corrected chi connectivity index (χ3v) is 6.58. The van der Waals surface area contributed by atoms with Gasteiger partial charge in [-0.3, -0.25) is 4.79 Å². The molecular weight excluding hydrogens is 434 g/mol. The molecule has 0 radical (unpaired) electrons. The summed E-state index contributed by atoms with van der Waals surface area (Å²) < 4.78 is 1.93. The number of nitriles is 1. The fourth-order valence-electron chi connectivity index (χ4n) is 4.67. The molecule has 1 saturated carbocycles. The predicted molar refractivity (Wildman–Crippen MR) is 136 cm³/mol. The highest BCUT2D eigenvalue weighted by molar-refractivity contribution is 6.07. The molecule has 6 nitrogen and oxygen atoms in total. The molecule has 1 aliphatic rings. The second-order valence-electron chi connectivity index (χ2n) is 8.92. The highest BCUT2D eigenvalue weighted by Crippen LogP contribution is 2.42. The molecule has 6 rings (SSSR count). The molecule has 0 atom stereocenters. The fraction of sp³-hybridized carbons (Fsp3) is 0.172. The summed E-state index contributed by atoms with van der Waals surface area (Å²) in [5, 5.41) is 13.2. The van der Waals surface area contributed by atoms with E-state index in [1.54, 1.807) is 0 Å². The van der Waals surface area contributed by atoms with Gasteiger partial charge in [0.25, 0.3) is 5.91 Å². The summed E-state index contributed by atoms with van der Waals surface area (Å²) in [6.45, 7) is 0.551. The normalized spacial score (nSPS) is 13.1. The molecule has 1 aliphatic carbocycles. The molecule has 0 spiro atoms. The zero-order valence-corrected chi connectivity index (χ0v) is 19.1. The standard InChI is InChI=1S/C29H23N5O/c30-18-23-26-28(32-25-13-7-6-12-24(25)31-26)34(17-16-19-8-2-1-3-9-19)27(23)33-29(35)22-11-5-4-10-21(22)20-14-15-20/h1-13,20H,14-17H2,(H,33,35). The van der Waals surface area contributed by atoms with Crippen LogP contribution in [0.3, 0.4) is 0 Å². The SMILES string of the molecule is N#Cc1c(NC(=O)c2ccccc2C2CC2)n(CCc2ccccc2)c2nc3ccccc3nc12. The van der Waals surface area contributed by atoms with Gasteiger partial charge >= 0.3 is 0 Å². The van der Waals surface area contributed by atoms with Crippen molar-refractivity contribution in [1.82, 2.24) is 14.5 Å². The molecule has 170 valence electrons. The smallest absolute Gasteiger partial charge is 0.257 e. The molecule has 6 heteroatoms. The van der Waals surface area contributed by atoms with Crippen LogP contribution in [-0.2, 0) is 13.0 Å². The minimum Gasteiger partial charge on any atom is -0.309 e. The fourth-order valence-corrected chi connectivity index (χ4v) is 4.67. The van der Waals surface area contributed by atoms with Gasteiger partial charge in [-0.2, -0.15) is 5.26 Å². The van der Waals surface area contributed by atoms with Crippen LogP contribution >= 0.6 is 0 Å². The molecule has 0 saturated heterocycles. The summed E-state index contributed by atoms with van der Waals surface area (Å²) in [5.41, 5.74) is 5.80. The topological polar surface area (TPSA) is 83.6 Å². The first-order valence-electron chi connectivity index (χ1n) is 11.9. The van der Waals surface area contributed by atoms with E-state index in [2.05, 4.69) is 23.5 Å². The van der Waals surface area contributed by atoms with Crippen LogP contribution in [0.2, 0.25) is 0 Å². The van der Waals surface area contributed by atoms with Gasteiger partial charge in [0.05, 0.1) is 11.0 Å². The van der Waals surface area contributed by atoms with Gasteiger partial charge in [-0.15, -0.1) is 0 Å². The molecule has 1 N–H and O–H groups in total. The Hall–Kier alpha value is -4.50. The van der Waals surface area contributed by atoms with Gasteiger partial charge in [-0.1, -0.05) is 60.7 Å². The average molecular weight is 458 g/mol. The quantitative estimate of drug-likeness (QED) is 0.348. The van der Waals surface area contributed by atoms with Crippen molar-refractivity contribution in [2.45, 2.75) is 31.7 Å². The van der Waals surface area contributed by atoms with Crippen molar-refractivity contribution in [2.24, 2.45) is 0 Å². The van der Waals surface area contributed by atoms with E-state index in [0.29, 0.717) is 46.1 Å². The first-order chi connectivity index (χ1) is 17.2. The Morgan fingerprint density at radius 3 is 2.37 bits per heavy atom. The molecule has 5 aromatic rings. The number of fused-ring (bicyclic) bond motifs is 2. The Balaban J connectivity index is 1.48. The van der Waals surface area contributed by atoms with E-state index in [1.807, 2.05) is 71.3 Å². The zero-order valence-electron chi connectivity index (χ0n) is 19.1. The number of rotatable bonds is 6. The third-order valence-electron chi connectivity index (χ3n) is 6.58. The van der Waals surface area contributed by atoms with Gasteiger partial charge in [0.1, 0.15) is 23.0 Å². The van der Waals surface area contributed by atoms with Crippen LogP contribution in [0.1, 0.15) is 45.8 Å². The number of amides is 1. The van der Waals surface area contributed by atoms with Crippen LogP contribution in [0, 0.1) is 11.3 Å². The number of para-hydroxylation sites is 2. The molecule has 0 unspecified atom stereocenters. The number of anilines is 1. The van der Waals surface area contributed by atoms with Crippen LogP contribution in [0.4, 0.5) is 5.82 Å². The molecule has 2 aromatic heterocycles. The van der Waals surface area contributed by atoms with Crippen LogP contribution < -0.4 is 5.32 Å². The van der Waals surface area contributed by atoms with Gasteiger partial charge in [-0.25, -0.2) is 9.97 Å². The Bertz CT molecular complexity index is 1610. The number of aromatic nitrogens is 3. The van der Waals surface area contributed by atoms with Gasteiger partial charge in [0, 0.05) is 12.1 Å². The lowest BCUT2D eigenvalue weighted by molar-refractivity contribution is 0.102. The summed E-state index contributed by atoms with van der Waals surface area (Å²) in [4.78, 5) is 23.1. The molecule has 35 heavy (non-hydrogen) atoms. The number of carbonyl (C=O) groups is 1. The van der Waals surface area contributed by atoms with Crippen LogP contribution in [0.25, 0.3) is 22.2 Å². The van der Waals surface area contributed by atoms with E-state index in [9.17, 15) is 10.1 Å². The molecular formula is C29H23N5O.